The number of fused-ring (bicyclic) bond motifs is 1. The molecule has 1 unspecified atom stereocenters. The van der Waals surface area contributed by atoms with E-state index in [0.717, 1.165) is 31.2 Å². The van der Waals surface area contributed by atoms with Gasteiger partial charge in [-0.05, 0) is 38.2 Å². The van der Waals surface area contributed by atoms with Gasteiger partial charge in [-0.1, -0.05) is 0 Å². The Morgan fingerprint density at radius 2 is 2.00 bits per heavy atom. The molecule has 1 aliphatic rings. The second-order valence-electron chi connectivity index (χ2n) is 4.87. The van der Waals surface area contributed by atoms with Gasteiger partial charge in [0, 0.05) is 17.3 Å². The predicted molar refractivity (Wildman–Crippen MR) is 78.4 cm³/mol. The third kappa shape index (κ3) is 3.60. The van der Waals surface area contributed by atoms with Gasteiger partial charge in [-0.25, -0.2) is 9.59 Å². The maximum Gasteiger partial charge on any atom is 0.340 e. The van der Waals surface area contributed by atoms with Crippen LogP contribution in [0.15, 0.2) is 5.38 Å². The highest BCUT2D eigenvalue weighted by molar-refractivity contribution is 7.10. The number of hydrogen-bond acceptors (Lipinski definition) is 5. The Balaban J connectivity index is 1.99. The van der Waals surface area contributed by atoms with Crippen molar-refractivity contribution in [3.8, 4) is 0 Å². The largest absolute Gasteiger partial charge is 0.449 e. The molecule has 0 saturated carbocycles. The molecule has 0 radical (unpaired) electrons. The monoisotopic (exact) mass is 310 g/mol. The van der Waals surface area contributed by atoms with Crippen molar-refractivity contribution < 1.29 is 19.1 Å². The molecule has 7 heteroatoms. The van der Waals surface area contributed by atoms with Gasteiger partial charge in [-0.15, -0.1) is 11.3 Å². The van der Waals surface area contributed by atoms with Gasteiger partial charge >= 0.3 is 12.0 Å². The van der Waals surface area contributed by atoms with Gasteiger partial charge in [0.05, 0.1) is 5.56 Å². The minimum absolute atomic E-state index is 0.506. The molecule has 0 aromatic carbocycles. The van der Waals surface area contributed by atoms with Crippen molar-refractivity contribution in [1.29, 1.82) is 0 Å². The van der Waals surface area contributed by atoms with Gasteiger partial charge < -0.3 is 10.1 Å². The third-order valence-electron chi connectivity index (χ3n) is 3.40. The smallest absolute Gasteiger partial charge is 0.340 e. The van der Waals surface area contributed by atoms with Gasteiger partial charge in [0.2, 0.25) is 0 Å². The summed E-state index contributed by atoms with van der Waals surface area (Å²) in [5, 5.41) is 6.13. The van der Waals surface area contributed by atoms with E-state index in [0.29, 0.717) is 5.56 Å². The van der Waals surface area contributed by atoms with Crippen LogP contribution in [0.3, 0.4) is 0 Å². The van der Waals surface area contributed by atoms with Crippen LogP contribution in [0.25, 0.3) is 0 Å². The highest BCUT2D eigenvalue weighted by atomic mass is 32.1. The Labute approximate surface area is 126 Å². The summed E-state index contributed by atoms with van der Waals surface area (Å²) in [4.78, 5) is 36.1. The van der Waals surface area contributed by atoms with E-state index in [-0.39, 0.29) is 0 Å². The Kier molecular flexibility index (Phi) is 4.95. The highest BCUT2D eigenvalue weighted by Crippen LogP contribution is 2.30. The number of hydrogen-bond donors (Lipinski definition) is 2. The molecule has 2 rings (SSSR count). The maximum absolute atomic E-state index is 12.2. The molecule has 0 saturated heterocycles. The molecular formula is C14H18N2O4S. The van der Waals surface area contributed by atoms with Crippen LogP contribution in [0.2, 0.25) is 0 Å². The number of aryl methyl sites for hydroxylation is 1. The van der Waals surface area contributed by atoms with Gasteiger partial charge in [-0.2, -0.15) is 0 Å². The van der Waals surface area contributed by atoms with Crippen LogP contribution in [0, 0.1) is 0 Å². The Bertz CT molecular complexity index is 567. The van der Waals surface area contributed by atoms with Crippen LogP contribution >= 0.6 is 11.3 Å². The standard InChI is InChI=1S/C14H18N2O4S/c1-8(12(17)16-14(19)15-2)20-13(18)10-7-21-11-6-4-3-5-9(10)11/h7-8H,3-6H2,1-2H3,(H2,15,16,17,19). The molecule has 1 atom stereocenters. The van der Waals surface area contributed by atoms with Crippen LogP contribution in [0.5, 0.6) is 0 Å². The number of rotatable bonds is 3. The molecule has 0 spiro atoms. The number of esters is 1. The summed E-state index contributed by atoms with van der Waals surface area (Å²) in [5.41, 5.74) is 1.60. The topological polar surface area (TPSA) is 84.5 Å². The summed E-state index contributed by atoms with van der Waals surface area (Å²) in [7, 11) is 1.40. The van der Waals surface area contributed by atoms with Crippen molar-refractivity contribution in [2.45, 2.75) is 38.7 Å². The third-order valence-corrected chi connectivity index (χ3v) is 4.49. The molecule has 1 aliphatic carbocycles. The fourth-order valence-electron chi connectivity index (χ4n) is 2.22. The first-order chi connectivity index (χ1) is 10.0. The summed E-state index contributed by atoms with van der Waals surface area (Å²) < 4.78 is 5.14. The quantitative estimate of drug-likeness (QED) is 0.831. The minimum Gasteiger partial charge on any atom is -0.449 e. The van der Waals surface area contributed by atoms with E-state index in [1.165, 1.54) is 18.8 Å². The summed E-state index contributed by atoms with van der Waals surface area (Å²) in [6, 6.07) is -0.629. The van der Waals surface area contributed by atoms with Gasteiger partial charge in [0.1, 0.15) is 0 Å². The molecule has 1 aromatic rings. The molecule has 6 nitrogen and oxygen atoms in total. The molecule has 0 fully saturated rings. The van der Waals surface area contributed by atoms with Crippen molar-refractivity contribution in [1.82, 2.24) is 10.6 Å². The number of imide groups is 1. The lowest BCUT2D eigenvalue weighted by Crippen LogP contribution is -2.43. The van der Waals surface area contributed by atoms with Gasteiger partial charge in [-0.3, -0.25) is 10.1 Å². The van der Waals surface area contributed by atoms with Crippen LogP contribution < -0.4 is 10.6 Å². The SMILES string of the molecule is CNC(=O)NC(=O)C(C)OC(=O)c1csc2c1CCCC2. The van der Waals surface area contributed by atoms with E-state index in [1.807, 2.05) is 0 Å². The summed E-state index contributed by atoms with van der Waals surface area (Å²) in [6.45, 7) is 1.44. The van der Waals surface area contributed by atoms with Crippen molar-refractivity contribution in [3.63, 3.8) is 0 Å². The average molecular weight is 310 g/mol. The minimum atomic E-state index is -1.02. The predicted octanol–water partition coefficient (Wildman–Crippen LogP) is 1.63. The first kappa shape index (κ1) is 15.5. The van der Waals surface area contributed by atoms with Crippen molar-refractivity contribution in [3.05, 3.63) is 21.4 Å². The van der Waals surface area contributed by atoms with Crippen molar-refractivity contribution in [2.24, 2.45) is 0 Å². The fraction of sp³-hybridized carbons (Fsp3) is 0.500. The fourth-order valence-corrected chi connectivity index (χ4v) is 3.33. The van der Waals surface area contributed by atoms with Crippen LogP contribution in [0.1, 0.15) is 40.6 Å². The molecule has 3 amide bonds. The van der Waals surface area contributed by atoms with E-state index in [2.05, 4.69) is 10.6 Å². The molecule has 21 heavy (non-hydrogen) atoms. The van der Waals surface area contributed by atoms with Gasteiger partial charge in [0.15, 0.2) is 6.10 Å². The molecule has 0 bridgehead atoms. The highest BCUT2D eigenvalue weighted by Gasteiger charge is 2.25. The zero-order chi connectivity index (χ0) is 15.4. The van der Waals surface area contributed by atoms with Crippen LogP contribution in [-0.4, -0.2) is 31.1 Å². The molecule has 1 aromatic heterocycles. The Morgan fingerprint density at radius 1 is 1.29 bits per heavy atom. The van der Waals surface area contributed by atoms with E-state index < -0.39 is 24.0 Å². The van der Waals surface area contributed by atoms with Crippen LogP contribution in [-0.2, 0) is 22.4 Å². The van der Waals surface area contributed by atoms with Gasteiger partial charge in [0.25, 0.3) is 5.91 Å². The van der Waals surface area contributed by atoms with Crippen molar-refractivity contribution in [2.75, 3.05) is 7.05 Å². The lowest BCUT2D eigenvalue weighted by atomic mass is 9.96. The van der Waals surface area contributed by atoms with E-state index >= 15 is 0 Å². The van der Waals surface area contributed by atoms with Crippen molar-refractivity contribution >= 4 is 29.2 Å². The lowest BCUT2D eigenvalue weighted by Gasteiger charge is -2.15. The first-order valence-electron chi connectivity index (χ1n) is 6.85. The molecule has 2 N–H and O–H groups in total. The van der Waals surface area contributed by atoms with E-state index in [1.54, 1.807) is 16.7 Å². The number of thiophene rings is 1. The number of ether oxygens (including phenoxy) is 1. The molecule has 0 aliphatic heterocycles. The number of carbonyl (C=O) groups is 3. The number of nitrogens with one attached hydrogen (secondary N) is 2. The van der Waals surface area contributed by atoms with Crippen LogP contribution in [0.4, 0.5) is 4.79 Å². The summed E-state index contributed by atoms with van der Waals surface area (Å²) in [5.74, 6) is -1.15. The second kappa shape index (κ2) is 6.71. The molecule has 114 valence electrons. The maximum atomic E-state index is 12.2. The number of urea groups is 1. The second-order valence-corrected chi connectivity index (χ2v) is 5.84. The first-order valence-corrected chi connectivity index (χ1v) is 7.73. The van der Waals surface area contributed by atoms with E-state index in [4.69, 9.17) is 4.74 Å². The molecular weight excluding hydrogens is 292 g/mol. The summed E-state index contributed by atoms with van der Waals surface area (Å²) >= 11 is 1.56. The normalized spacial score (nSPS) is 14.8. The number of amides is 3. The van der Waals surface area contributed by atoms with E-state index in [9.17, 15) is 14.4 Å². The average Bonchev–Trinajstić information content (AvgIpc) is 2.90. The molecule has 1 heterocycles. The summed E-state index contributed by atoms with van der Waals surface area (Å²) in [6.07, 6.45) is 3.07. The zero-order valence-electron chi connectivity index (χ0n) is 12.0. The Hall–Kier alpha value is -1.89. The number of carbonyl (C=O) groups excluding carboxylic acids is 3. The Morgan fingerprint density at radius 3 is 2.71 bits per heavy atom. The zero-order valence-corrected chi connectivity index (χ0v) is 12.8. The lowest BCUT2D eigenvalue weighted by molar-refractivity contribution is -0.127.